The number of allylic oxidation sites excluding steroid dienone is 2. The van der Waals surface area contributed by atoms with Gasteiger partial charge in [-0.2, -0.15) is 0 Å². The molecule has 0 fully saturated rings. The third-order valence-electron chi connectivity index (χ3n) is 4.10. The van der Waals surface area contributed by atoms with Gasteiger partial charge in [-0.1, -0.05) is 66.7 Å². The highest BCUT2D eigenvalue weighted by molar-refractivity contribution is 5.92. The van der Waals surface area contributed by atoms with Gasteiger partial charge in [-0.3, -0.25) is 0 Å². The molecule has 106 valence electrons. The highest BCUT2D eigenvalue weighted by atomic mass is 127. The standard InChI is InChI=1S/C21H15.HI/c1-4-10-17(11-5-1)20-16-21(20,18-12-6-2-7-13-18)19-14-8-3-9-15-19;/h1-15H;1H/q+1;/p-1. The first-order valence-corrected chi connectivity index (χ1v) is 7.23. The predicted molar refractivity (Wildman–Crippen MR) is 86.8 cm³/mol. The average Bonchev–Trinajstić information content (AvgIpc) is 3.34. The van der Waals surface area contributed by atoms with E-state index in [0.29, 0.717) is 0 Å². The van der Waals surface area contributed by atoms with Crippen molar-refractivity contribution in [1.29, 1.82) is 0 Å². The van der Waals surface area contributed by atoms with E-state index in [1.54, 1.807) is 0 Å². The smallest absolute Gasteiger partial charge is 0.229 e. The lowest BCUT2D eigenvalue weighted by Crippen LogP contribution is -3.00. The van der Waals surface area contributed by atoms with E-state index in [9.17, 15) is 0 Å². The van der Waals surface area contributed by atoms with Crippen molar-refractivity contribution in [3.05, 3.63) is 114 Å². The minimum atomic E-state index is -0.177. The van der Waals surface area contributed by atoms with E-state index in [0.717, 1.165) is 0 Å². The van der Waals surface area contributed by atoms with Gasteiger partial charge in [-0.05, 0) is 12.1 Å². The molecule has 0 amide bonds. The van der Waals surface area contributed by atoms with E-state index in [4.69, 9.17) is 0 Å². The fraction of sp³-hybridized carbons (Fsp3) is 0.0476. The van der Waals surface area contributed by atoms with Crippen LogP contribution in [0, 0.1) is 6.08 Å². The first kappa shape index (κ1) is 15.0. The van der Waals surface area contributed by atoms with E-state index in [1.165, 1.54) is 22.3 Å². The van der Waals surface area contributed by atoms with Gasteiger partial charge in [0, 0.05) is 23.3 Å². The maximum Gasteiger partial charge on any atom is 0.229 e. The SMILES string of the molecule is [C+]1=C(c2ccccc2)C1(c1ccccc1)c1ccccc1.[I-]. The molecule has 0 radical (unpaired) electrons. The molecule has 3 aromatic carbocycles. The summed E-state index contributed by atoms with van der Waals surface area (Å²) < 4.78 is 0. The highest BCUT2D eigenvalue weighted by Crippen LogP contribution is 2.55. The van der Waals surface area contributed by atoms with E-state index in [2.05, 4.69) is 97.1 Å². The normalized spacial score (nSPS) is 14.3. The second-order valence-electron chi connectivity index (χ2n) is 5.35. The molecule has 22 heavy (non-hydrogen) atoms. The van der Waals surface area contributed by atoms with Crippen molar-refractivity contribution >= 4 is 5.57 Å². The Morgan fingerprint density at radius 2 is 0.955 bits per heavy atom. The molecule has 0 unspecified atom stereocenters. The fourth-order valence-corrected chi connectivity index (χ4v) is 3.03. The lowest BCUT2D eigenvalue weighted by Gasteiger charge is -2.11. The number of rotatable bonds is 3. The van der Waals surface area contributed by atoms with E-state index in [1.807, 2.05) is 0 Å². The van der Waals surface area contributed by atoms with E-state index < -0.39 is 0 Å². The second-order valence-corrected chi connectivity index (χ2v) is 5.35. The summed E-state index contributed by atoms with van der Waals surface area (Å²) in [6.45, 7) is 0. The van der Waals surface area contributed by atoms with Crippen LogP contribution in [0.5, 0.6) is 0 Å². The van der Waals surface area contributed by atoms with Gasteiger partial charge in [-0.25, -0.2) is 0 Å². The van der Waals surface area contributed by atoms with Crippen molar-refractivity contribution in [2.45, 2.75) is 5.41 Å². The van der Waals surface area contributed by atoms with Crippen molar-refractivity contribution < 1.29 is 24.0 Å². The van der Waals surface area contributed by atoms with Gasteiger partial charge in [0.1, 0.15) is 5.56 Å². The van der Waals surface area contributed by atoms with Gasteiger partial charge in [-0.15, -0.1) is 0 Å². The monoisotopic (exact) mass is 394 g/mol. The van der Waals surface area contributed by atoms with Crippen molar-refractivity contribution in [2.24, 2.45) is 0 Å². The molecule has 0 bridgehead atoms. The van der Waals surface area contributed by atoms with Gasteiger partial charge in [0.15, 0.2) is 0 Å². The minimum Gasteiger partial charge on any atom is -1.00 e. The van der Waals surface area contributed by atoms with Crippen LogP contribution in [-0.2, 0) is 5.41 Å². The van der Waals surface area contributed by atoms with Crippen molar-refractivity contribution in [3.63, 3.8) is 0 Å². The molecule has 0 aromatic heterocycles. The summed E-state index contributed by atoms with van der Waals surface area (Å²) in [5.41, 5.74) is 4.93. The van der Waals surface area contributed by atoms with Crippen molar-refractivity contribution in [1.82, 2.24) is 0 Å². The molecule has 0 saturated carbocycles. The zero-order valence-electron chi connectivity index (χ0n) is 12.0. The van der Waals surface area contributed by atoms with Gasteiger partial charge >= 0.3 is 0 Å². The number of halogens is 1. The Labute approximate surface area is 148 Å². The Morgan fingerprint density at radius 3 is 1.41 bits per heavy atom. The maximum atomic E-state index is 3.65. The Hall–Kier alpha value is -1.96. The summed E-state index contributed by atoms with van der Waals surface area (Å²) >= 11 is 0. The topological polar surface area (TPSA) is 0 Å². The Bertz CT molecular complexity index is 734. The molecule has 1 aliphatic carbocycles. The van der Waals surface area contributed by atoms with Crippen LogP contribution in [-0.4, -0.2) is 0 Å². The molecular formula is C21H15I. The summed E-state index contributed by atoms with van der Waals surface area (Å²) in [5, 5.41) is 0. The van der Waals surface area contributed by atoms with Crippen LogP contribution >= 0.6 is 0 Å². The van der Waals surface area contributed by atoms with Crippen LogP contribution in [0.1, 0.15) is 16.7 Å². The molecule has 0 N–H and O–H groups in total. The zero-order chi connectivity index (χ0) is 14.1. The second kappa shape index (κ2) is 6.04. The molecule has 0 saturated heterocycles. The lowest BCUT2D eigenvalue weighted by atomic mass is 9.82. The Morgan fingerprint density at radius 1 is 0.545 bits per heavy atom. The third-order valence-corrected chi connectivity index (χ3v) is 4.10. The number of hydrogen-bond donors (Lipinski definition) is 0. The minimum absolute atomic E-state index is 0. The Balaban J connectivity index is 0.00000144. The largest absolute Gasteiger partial charge is 1.00 e. The van der Waals surface area contributed by atoms with Crippen molar-refractivity contribution in [3.8, 4) is 0 Å². The molecule has 0 heterocycles. The highest BCUT2D eigenvalue weighted by Gasteiger charge is 2.61. The van der Waals surface area contributed by atoms with Crippen LogP contribution in [0.15, 0.2) is 91.0 Å². The Kier molecular flexibility index (Phi) is 4.10. The molecule has 3 aromatic rings. The van der Waals surface area contributed by atoms with Crippen LogP contribution in [0.2, 0.25) is 0 Å². The summed E-state index contributed by atoms with van der Waals surface area (Å²) in [6, 6.07) is 31.8. The van der Waals surface area contributed by atoms with Gasteiger partial charge < -0.3 is 24.0 Å². The van der Waals surface area contributed by atoms with Crippen molar-refractivity contribution in [2.75, 3.05) is 0 Å². The number of hydrogen-bond acceptors (Lipinski definition) is 0. The van der Waals surface area contributed by atoms with E-state index in [-0.39, 0.29) is 29.4 Å². The first-order chi connectivity index (χ1) is 10.4. The third kappa shape index (κ3) is 2.37. The summed E-state index contributed by atoms with van der Waals surface area (Å²) in [4.78, 5) is 0. The summed E-state index contributed by atoms with van der Waals surface area (Å²) in [5.74, 6) is 0. The first-order valence-electron chi connectivity index (χ1n) is 7.23. The average molecular weight is 394 g/mol. The zero-order valence-corrected chi connectivity index (χ0v) is 14.2. The summed E-state index contributed by atoms with van der Waals surface area (Å²) in [6.07, 6.45) is 3.65. The van der Waals surface area contributed by atoms with Crippen LogP contribution in [0.4, 0.5) is 0 Å². The quantitative estimate of drug-likeness (QED) is 0.470. The van der Waals surface area contributed by atoms with Gasteiger partial charge in [0.2, 0.25) is 11.0 Å². The molecule has 0 nitrogen and oxygen atoms in total. The molecule has 1 aliphatic rings. The molecule has 0 spiro atoms. The molecule has 4 rings (SSSR count). The van der Waals surface area contributed by atoms with Crippen LogP contribution in [0.25, 0.3) is 5.57 Å². The van der Waals surface area contributed by atoms with Crippen LogP contribution in [0.3, 0.4) is 0 Å². The number of benzene rings is 3. The van der Waals surface area contributed by atoms with Gasteiger partial charge in [0.05, 0.1) is 6.08 Å². The summed E-state index contributed by atoms with van der Waals surface area (Å²) in [7, 11) is 0. The molecule has 0 aliphatic heterocycles. The molecular weight excluding hydrogens is 379 g/mol. The van der Waals surface area contributed by atoms with E-state index >= 15 is 0 Å². The fourth-order valence-electron chi connectivity index (χ4n) is 3.03. The predicted octanol–water partition coefficient (Wildman–Crippen LogP) is 1.88. The molecule has 1 heteroatoms. The van der Waals surface area contributed by atoms with Crippen LogP contribution < -0.4 is 24.0 Å². The lowest BCUT2D eigenvalue weighted by molar-refractivity contribution is -0.00000400. The van der Waals surface area contributed by atoms with Gasteiger partial charge in [0.25, 0.3) is 0 Å². The molecule has 0 atom stereocenters. The maximum absolute atomic E-state index is 3.65.